The summed E-state index contributed by atoms with van der Waals surface area (Å²) < 4.78 is 32.5. The minimum absolute atomic E-state index is 0.169. The number of aliphatic carboxylic acids is 1. The number of nitrogens with two attached hydrogens (primary N) is 1. The van der Waals surface area contributed by atoms with Crippen molar-refractivity contribution in [3.05, 3.63) is 0 Å². The molecule has 0 aromatic carbocycles. The Labute approximate surface area is 316 Å². The standard InChI is InChI=1S/C40H78NO10P/c1-3-5-7-9-11-12-13-14-15-16-17-18-19-20-21-22-23-24-26-28-30-32-39(43)51-36(34-49-52(46,47)50-35-37(41)40(44)45)33-48-38(42)31-29-27-25-10-8-6-4-2/h36-37H,3-35,41H2,1-2H3,(H,44,45)(H,46,47)/t36-,37-/m0/s1. The highest BCUT2D eigenvalue weighted by Gasteiger charge is 2.28. The molecule has 0 amide bonds. The van der Waals surface area contributed by atoms with Gasteiger partial charge in [-0.15, -0.1) is 0 Å². The van der Waals surface area contributed by atoms with E-state index in [0.29, 0.717) is 12.8 Å². The quantitative estimate of drug-likeness (QED) is 0.0308. The number of unbranched alkanes of at least 4 members (excludes halogenated alkanes) is 26. The molecule has 0 aromatic heterocycles. The SMILES string of the molecule is CCCCCCCCCCCCCCCCCCCCCCCC(=O)O[C@@H](COC(=O)CCCCCCCCC)COP(=O)(O)OC[C@H](N)C(=O)O. The third kappa shape index (κ3) is 35.5. The van der Waals surface area contributed by atoms with E-state index in [-0.39, 0.29) is 19.4 Å². The predicted octanol–water partition coefficient (Wildman–Crippen LogP) is 10.7. The van der Waals surface area contributed by atoms with Crippen LogP contribution in [0.4, 0.5) is 0 Å². The molecule has 0 heterocycles. The van der Waals surface area contributed by atoms with Crippen LogP contribution in [-0.2, 0) is 37.5 Å². The monoisotopic (exact) mass is 764 g/mol. The van der Waals surface area contributed by atoms with Crippen molar-refractivity contribution >= 4 is 25.7 Å². The number of carbonyl (C=O) groups is 3. The van der Waals surface area contributed by atoms with E-state index in [2.05, 4.69) is 18.4 Å². The fourth-order valence-electron chi connectivity index (χ4n) is 6.01. The van der Waals surface area contributed by atoms with Gasteiger partial charge in [-0.2, -0.15) is 0 Å². The van der Waals surface area contributed by atoms with Crippen LogP contribution < -0.4 is 5.73 Å². The summed E-state index contributed by atoms with van der Waals surface area (Å²) in [5, 5.41) is 8.85. The molecule has 0 saturated carbocycles. The number of ether oxygens (including phenoxy) is 2. The van der Waals surface area contributed by atoms with Crippen molar-refractivity contribution in [2.45, 2.75) is 219 Å². The summed E-state index contributed by atoms with van der Waals surface area (Å²) in [6, 6.07) is -1.51. The molecule has 0 radical (unpaired) electrons. The van der Waals surface area contributed by atoms with Crippen molar-refractivity contribution in [1.29, 1.82) is 0 Å². The lowest BCUT2D eigenvalue weighted by molar-refractivity contribution is -0.161. The predicted molar refractivity (Wildman–Crippen MR) is 208 cm³/mol. The molecule has 12 heteroatoms. The number of hydrogen-bond donors (Lipinski definition) is 3. The van der Waals surface area contributed by atoms with E-state index >= 15 is 0 Å². The third-order valence-corrected chi connectivity index (χ3v) is 10.3. The number of esters is 2. The normalized spacial score (nSPS) is 13.8. The van der Waals surface area contributed by atoms with Gasteiger partial charge in [0, 0.05) is 12.8 Å². The summed E-state index contributed by atoms with van der Waals surface area (Å²) in [4.78, 5) is 45.6. The van der Waals surface area contributed by atoms with E-state index in [9.17, 15) is 23.8 Å². The Balaban J connectivity index is 4.16. The molecular weight excluding hydrogens is 685 g/mol. The molecule has 308 valence electrons. The maximum atomic E-state index is 12.6. The lowest BCUT2D eigenvalue weighted by atomic mass is 10.0. The van der Waals surface area contributed by atoms with Crippen LogP contribution >= 0.6 is 7.82 Å². The number of carbonyl (C=O) groups excluding carboxylic acids is 2. The molecule has 0 fully saturated rings. The lowest BCUT2D eigenvalue weighted by Crippen LogP contribution is -2.34. The van der Waals surface area contributed by atoms with Crippen molar-refractivity contribution in [3.8, 4) is 0 Å². The molecule has 52 heavy (non-hydrogen) atoms. The van der Waals surface area contributed by atoms with Gasteiger partial charge in [-0.1, -0.05) is 181 Å². The van der Waals surface area contributed by atoms with Crippen molar-refractivity contribution in [1.82, 2.24) is 0 Å². The van der Waals surface area contributed by atoms with E-state index in [0.717, 1.165) is 38.5 Å². The minimum atomic E-state index is -4.70. The lowest BCUT2D eigenvalue weighted by Gasteiger charge is -2.20. The van der Waals surface area contributed by atoms with E-state index < -0.39 is 51.1 Å². The van der Waals surface area contributed by atoms with Crippen LogP contribution in [0.25, 0.3) is 0 Å². The Morgan fingerprint density at radius 2 is 0.846 bits per heavy atom. The molecule has 4 N–H and O–H groups in total. The van der Waals surface area contributed by atoms with Crippen molar-refractivity contribution in [2.24, 2.45) is 5.73 Å². The van der Waals surface area contributed by atoms with Gasteiger partial charge in [0.25, 0.3) is 0 Å². The first-order valence-corrected chi connectivity index (χ1v) is 22.6. The number of rotatable bonds is 40. The smallest absolute Gasteiger partial charge is 0.472 e. The van der Waals surface area contributed by atoms with Crippen LogP contribution in [-0.4, -0.2) is 59.9 Å². The molecule has 0 bridgehead atoms. The maximum absolute atomic E-state index is 12.6. The molecule has 0 rings (SSSR count). The van der Waals surface area contributed by atoms with Crippen molar-refractivity contribution in [3.63, 3.8) is 0 Å². The van der Waals surface area contributed by atoms with Crippen LogP contribution in [0.1, 0.15) is 206 Å². The summed E-state index contributed by atoms with van der Waals surface area (Å²) in [6.07, 6.45) is 33.5. The van der Waals surface area contributed by atoms with E-state index in [1.165, 1.54) is 128 Å². The summed E-state index contributed by atoms with van der Waals surface area (Å²) >= 11 is 0. The first-order valence-electron chi connectivity index (χ1n) is 21.1. The fourth-order valence-corrected chi connectivity index (χ4v) is 6.79. The van der Waals surface area contributed by atoms with Crippen LogP contribution in [0.2, 0.25) is 0 Å². The Morgan fingerprint density at radius 1 is 0.519 bits per heavy atom. The molecule has 0 aliphatic rings. The van der Waals surface area contributed by atoms with E-state index in [1.54, 1.807) is 0 Å². The third-order valence-electron chi connectivity index (χ3n) is 9.36. The van der Waals surface area contributed by atoms with Gasteiger partial charge in [-0.05, 0) is 12.8 Å². The fraction of sp³-hybridized carbons (Fsp3) is 0.925. The highest BCUT2D eigenvalue weighted by atomic mass is 31.2. The summed E-state index contributed by atoms with van der Waals surface area (Å²) in [6.45, 7) is 2.77. The molecule has 0 aromatic rings. The molecular formula is C40H78NO10P. The Morgan fingerprint density at radius 3 is 1.21 bits per heavy atom. The Hall–Kier alpha value is -1.52. The van der Waals surface area contributed by atoms with Gasteiger partial charge in [0.15, 0.2) is 6.10 Å². The zero-order chi connectivity index (χ0) is 38.5. The molecule has 0 saturated heterocycles. The highest BCUT2D eigenvalue weighted by Crippen LogP contribution is 2.43. The van der Waals surface area contributed by atoms with Crippen LogP contribution in [0.3, 0.4) is 0 Å². The molecule has 0 aliphatic carbocycles. The first-order chi connectivity index (χ1) is 25.1. The van der Waals surface area contributed by atoms with Crippen molar-refractivity contribution < 1.29 is 47.5 Å². The van der Waals surface area contributed by atoms with Gasteiger partial charge in [0.2, 0.25) is 0 Å². The van der Waals surface area contributed by atoms with Crippen molar-refractivity contribution in [2.75, 3.05) is 19.8 Å². The molecule has 0 aliphatic heterocycles. The topological polar surface area (TPSA) is 172 Å². The van der Waals surface area contributed by atoms with Gasteiger partial charge in [0.05, 0.1) is 13.2 Å². The van der Waals surface area contributed by atoms with Gasteiger partial charge in [-0.25, -0.2) is 4.57 Å². The summed E-state index contributed by atoms with van der Waals surface area (Å²) in [5.74, 6) is -2.37. The molecule has 0 spiro atoms. The number of carboxylic acids is 1. The van der Waals surface area contributed by atoms with E-state index in [1.807, 2.05) is 0 Å². The highest BCUT2D eigenvalue weighted by molar-refractivity contribution is 7.47. The Kier molecular flexibility index (Phi) is 35.4. The molecule has 3 atom stereocenters. The number of hydrogen-bond acceptors (Lipinski definition) is 9. The average Bonchev–Trinajstić information content (AvgIpc) is 3.12. The Bertz CT molecular complexity index is 906. The number of carboxylic acid groups (broad SMARTS) is 1. The van der Waals surface area contributed by atoms with E-state index in [4.69, 9.17) is 24.8 Å². The molecule has 11 nitrogen and oxygen atoms in total. The van der Waals surface area contributed by atoms with Gasteiger partial charge < -0.3 is 25.2 Å². The first kappa shape index (κ1) is 50.5. The van der Waals surface area contributed by atoms with Crippen LogP contribution in [0, 0.1) is 0 Å². The number of phosphoric ester groups is 1. The van der Waals surface area contributed by atoms with Crippen LogP contribution in [0.15, 0.2) is 0 Å². The second kappa shape index (κ2) is 36.5. The summed E-state index contributed by atoms with van der Waals surface area (Å²) in [7, 11) is -4.70. The maximum Gasteiger partial charge on any atom is 0.472 e. The number of phosphoric acid groups is 1. The minimum Gasteiger partial charge on any atom is -0.480 e. The average molecular weight is 764 g/mol. The van der Waals surface area contributed by atoms with Gasteiger partial charge in [0.1, 0.15) is 12.6 Å². The molecule has 1 unspecified atom stereocenters. The van der Waals surface area contributed by atoms with Gasteiger partial charge in [-0.3, -0.25) is 23.4 Å². The van der Waals surface area contributed by atoms with Gasteiger partial charge >= 0.3 is 25.7 Å². The largest absolute Gasteiger partial charge is 0.480 e. The van der Waals surface area contributed by atoms with Crippen LogP contribution in [0.5, 0.6) is 0 Å². The second-order valence-electron chi connectivity index (χ2n) is 14.5. The zero-order valence-electron chi connectivity index (χ0n) is 33.2. The zero-order valence-corrected chi connectivity index (χ0v) is 34.1. The summed E-state index contributed by atoms with van der Waals surface area (Å²) in [5.41, 5.74) is 5.31. The second-order valence-corrected chi connectivity index (χ2v) is 15.9.